The third-order valence-electron chi connectivity index (χ3n) is 4.30. The highest BCUT2D eigenvalue weighted by atomic mass is 32.2. The zero-order valence-corrected chi connectivity index (χ0v) is 17.3. The Balaban J connectivity index is 1.58. The molecule has 3 rings (SSSR count). The molecule has 0 aliphatic heterocycles. The third-order valence-corrected chi connectivity index (χ3v) is 5.48. The van der Waals surface area contributed by atoms with Gasteiger partial charge in [0.1, 0.15) is 5.03 Å². The summed E-state index contributed by atoms with van der Waals surface area (Å²) in [6, 6.07) is 18.7. The van der Waals surface area contributed by atoms with E-state index in [4.69, 9.17) is 0 Å². The molecule has 0 saturated carbocycles. The van der Waals surface area contributed by atoms with Crippen LogP contribution in [0.1, 0.15) is 31.8 Å². The topological polar surface area (TPSA) is 71.1 Å². The first kappa shape index (κ1) is 20.6. The van der Waals surface area contributed by atoms with E-state index in [0.717, 1.165) is 16.0 Å². The predicted octanol–water partition coefficient (Wildman–Crippen LogP) is 4.01. The molecular weight excluding hydrogens is 382 g/mol. The van der Waals surface area contributed by atoms with Gasteiger partial charge in [-0.3, -0.25) is 9.59 Å². The Morgan fingerprint density at radius 3 is 2.38 bits per heavy atom. The van der Waals surface area contributed by atoms with Gasteiger partial charge in [0.2, 0.25) is 0 Å². The van der Waals surface area contributed by atoms with Crippen LogP contribution in [-0.4, -0.2) is 29.9 Å². The average molecular weight is 406 g/mol. The minimum absolute atomic E-state index is 0.160. The van der Waals surface area contributed by atoms with Gasteiger partial charge in [-0.1, -0.05) is 42.1 Å². The molecule has 148 valence electrons. The third kappa shape index (κ3) is 5.68. The lowest BCUT2D eigenvalue weighted by Gasteiger charge is -2.11. The molecule has 2 amide bonds. The molecule has 2 N–H and O–H groups in total. The van der Waals surface area contributed by atoms with Crippen molar-refractivity contribution in [1.29, 1.82) is 0 Å². The number of nitrogens with zero attached hydrogens (tertiary/aromatic N) is 1. The highest BCUT2D eigenvalue weighted by Crippen LogP contribution is 2.31. The van der Waals surface area contributed by atoms with E-state index in [1.54, 1.807) is 30.5 Å². The van der Waals surface area contributed by atoms with Crippen LogP contribution >= 0.6 is 11.8 Å². The molecule has 0 aliphatic rings. The van der Waals surface area contributed by atoms with E-state index >= 15 is 0 Å². The number of carbonyl (C=O) groups is 2. The molecule has 5 nitrogen and oxygen atoms in total. The molecular formula is C23H23N3O2S. The highest BCUT2D eigenvalue weighted by Gasteiger charge is 2.14. The molecule has 0 atom stereocenters. The van der Waals surface area contributed by atoms with E-state index in [9.17, 15) is 9.59 Å². The summed E-state index contributed by atoms with van der Waals surface area (Å²) in [4.78, 5) is 30.2. The van der Waals surface area contributed by atoms with Crippen LogP contribution in [0.3, 0.4) is 0 Å². The average Bonchev–Trinajstić information content (AvgIpc) is 2.74. The number of hydrogen-bond acceptors (Lipinski definition) is 4. The largest absolute Gasteiger partial charge is 0.350 e. The summed E-state index contributed by atoms with van der Waals surface area (Å²) >= 11 is 1.48. The van der Waals surface area contributed by atoms with Crippen LogP contribution in [0.2, 0.25) is 0 Å². The second kappa shape index (κ2) is 9.89. The van der Waals surface area contributed by atoms with Crippen LogP contribution < -0.4 is 10.6 Å². The summed E-state index contributed by atoms with van der Waals surface area (Å²) < 4.78 is 0. The van der Waals surface area contributed by atoms with E-state index in [2.05, 4.69) is 33.8 Å². The minimum Gasteiger partial charge on any atom is -0.350 e. The molecule has 0 aliphatic carbocycles. The lowest BCUT2D eigenvalue weighted by atomic mass is 10.2. The van der Waals surface area contributed by atoms with Crippen LogP contribution in [0, 0.1) is 13.8 Å². The fourth-order valence-electron chi connectivity index (χ4n) is 2.71. The zero-order chi connectivity index (χ0) is 20.6. The number of carbonyl (C=O) groups excluding carboxylic acids is 2. The number of benzene rings is 2. The molecule has 0 spiro atoms. The second-order valence-electron chi connectivity index (χ2n) is 6.60. The molecule has 0 radical (unpaired) electrons. The summed E-state index contributed by atoms with van der Waals surface area (Å²) in [5.41, 5.74) is 3.42. The number of nitrogens with one attached hydrogen (secondary N) is 2. The molecule has 29 heavy (non-hydrogen) atoms. The lowest BCUT2D eigenvalue weighted by molar-refractivity contribution is 0.0926. The maximum Gasteiger partial charge on any atom is 0.254 e. The Bertz CT molecular complexity index is 1010. The van der Waals surface area contributed by atoms with Crippen molar-refractivity contribution in [3.05, 3.63) is 89.1 Å². The normalized spacial score (nSPS) is 10.4. The Morgan fingerprint density at radius 2 is 1.62 bits per heavy atom. The number of aryl methyl sites for hydroxylation is 2. The van der Waals surface area contributed by atoms with Crippen LogP contribution in [0.4, 0.5) is 0 Å². The molecule has 0 fully saturated rings. The van der Waals surface area contributed by atoms with Crippen molar-refractivity contribution in [2.24, 2.45) is 0 Å². The quantitative estimate of drug-likeness (QED) is 0.583. The molecule has 1 aromatic heterocycles. The standard InChI is InChI=1S/C23H23N3O2S/c1-16-10-11-17(2)20(15-16)29-23-19(9-6-12-26-23)22(28)25-14-13-24-21(27)18-7-4-3-5-8-18/h3-12,15H,13-14H2,1-2H3,(H,24,27)(H,25,28). The Labute approximate surface area is 175 Å². The van der Waals surface area contributed by atoms with Gasteiger partial charge in [0.05, 0.1) is 5.56 Å². The molecule has 0 saturated heterocycles. The lowest BCUT2D eigenvalue weighted by Crippen LogP contribution is -2.34. The number of amides is 2. The van der Waals surface area contributed by atoms with Gasteiger partial charge in [0.15, 0.2) is 0 Å². The first-order valence-corrected chi connectivity index (χ1v) is 10.2. The summed E-state index contributed by atoms with van der Waals surface area (Å²) in [6.45, 7) is 4.76. The predicted molar refractivity (Wildman–Crippen MR) is 115 cm³/mol. The molecule has 3 aromatic rings. The van der Waals surface area contributed by atoms with Gasteiger partial charge in [-0.2, -0.15) is 0 Å². The van der Waals surface area contributed by atoms with Crippen molar-refractivity contribution in [3.63, 3.8) is 0 Å². The van der Waals surface area contributed by atoms with Crippen molar-refractivity contribution in [2.75, 3.05) is 13.1 Å². The van der Waals surface area contributed by atoms with Crippen molar-refractivity contribution in [1.82, 2.24) is 15.6 Å². The van der Waals surface area contributed by atoms with E-state index in [1.807, 2.05) is 32.0 Å². The van der Waals surface area contributed by atoms with Crippen molar-refractivity contribution in [3.8, 4) is 0 Å². The van der Waals surface area contributed by atoms with E-state index in [-0.39, 0.29) is 11.8 Å². The van der Waals surface area contributed by atoms with Crippen molar-refractivity contribution >= 4 is 23.6 Å². The fourth-order valence-corrected chi connectivity index (χ4v) is 3.77. The van der Waals surface area contributed by atoms with E-state index < -0.39 is 0 Å². The molecule has 6 heteroatoms. The molecule has 2 aromatic carbocycles. The summed E-state index contributed by atoms with van der Waals surface area (Å²) in [5, 5.41) is 6.31. The smallest absolute Gasteiger partial charge is 0.254 e. The molecule has 0 unspecified atom stereocenters. The summed E-state index contributed by atoms with van der Waals surface area (Å²) in [6.07, 6.45) is 1.68. The van der Waals surface area contributed by atoms with Gasteiger partial charge >= 0.3 is 0 Å². The Morgan fingerprint density at radius 1 is 0.897 bits per heavy atom. The minimum atomic E-state index is -0.208. The van der Waals surface area contributed by atoms with Gasteiger partial charge in [-0.15, -0.1) is 0 Å². The molecule has 0 bridgehead atoms. The molecule has 1 heterocycles. The zero-order valence-electron chi connectivity index (χ0n) is 16.4. The van der Waals surface area contributed by atoms with Crippen molar-refractivity contribution < 1.29 is 9.59 Å². The Hall–Kier alpha value is -3.12. The number of pyridine rings is 1. The number of hydrogen-bond donors (Lipinski definition) is 2. The van der Waals surface area contributed by atoms with Gasteiger partial charge in [0.25, 0.3) is 11.8 Å². The summed E-state index contributed by atoms with van der Waals surface area (Å²) in [5.74, 6) is -0.368. The fraction of sp³-hybridized carbons (Fsp3) is 0.174. The highest BCUT2D eigenvalue weighted by molar-refractivity contribution is 7.99. The number of aromatic nitrogens is 1. The van der Waals surface area contributed by atoms with Crippen LogP contribution in [-0.2, 0) is 0 Å². The first-order chi connectivity index (χ1) is 14.0. The van der Waals surface area contributed by atoms with E-state index in [0.29, 0.717) is 29.2 Å². The van der Waals surface area contributed by atoms with Crippen LogP contribution in [0.25, 0.3) is 0 Å². The van der Waals surface area contributed by atoms with Gasteiger partial charge in [-0.25, -0.2) is 4.98 Å². The van der Waals surface area contributed by atoms with Gasteiger partial charge in [-0.05, 0) is 55.3 Å². The van der Waals surface area contributed by atoms with Gasteiger partial charge < -0.3 is 10.6 Å². The SMILES string of the molecule is Cc1ccc(C)c(Sc2ncccc2C(=O)NCCNC(=O)c2ccccc2)c1. The first-order valence-electron chi connectivity index (χ1n) is 9.36. The second-order valence-corrected chi connectivity index (χ2v) is 7.64. The maximum absolute atomic E-state index is 12.6. The van der Waals surface area contributed by atoms with Crippen molar-refractivity contribution in [2.45, 2.75) is 23.8 Å². The van der Waals surface area contributed by atoms with Gasteiger partial charge in [0, 0.05) is 29.7 Å². The van der Waals surface area contributed by atoms with Crippen LogP contribution in [0.5, 0.6) is 0 Å². The van der Waals surface area contributed by atoms with E-state index in [1.165, 1.54) is 11.8 Å². The van der Waals surface area contributed by atoms with Crippen LogP contribution in [0.15, 0.2) is 76.8 Å². The maximum atomic E-state index is 12.6. The summed E-state index contributed by atoms with van der Waals surface area (Å²) in [7, 11) is 0. The number of rotatable bonds is 7. The Kier molecular flexibility index (Phi) is 7.03. The monoisotopic (exact) mass is 405 g/mol.